The zero-order valence-corrected chi connectivity index (χ0v) is 14.4. The van der Waals surface area contributed by atoms with Crippen molar-refractivity contribution in [2.45, 2.75) is 38.3 Å². The molecular weight excluding hydrogens is 296 g/mol. The Balaban J connectivity index is 2.11. The lowest BCUT2D eigenvalue weighted by Crippen LogP contribution is -2.42. The monoisotopic (exact) mass is 322 g/mol. The summed E-state index contributed by atoms with van der Waals surface area (Å²) < 4.78 is 16.0. The number of methoxy groups -OCH3 is 2. The van der Waals surface area contributed by atoms with Gasteiger partial charge in [-0.15, -0.1) is 0 Å². The summed E-state index contributed by atoms with van der Waals surface area (Å²) in [4.78, 5) is 12.0. The van der Waals surface area contributed by atoms with Gasteiger partial charge in [0.25, 0.3) is 0 Å². The van der Waals surface area contributed by atoms with Crippen LogP contribution in [0.25, 0.3) is 0 Å². The van der Waals surface area contributed by atoms with Crippen molar-refractivity contribution in [2.24, 2.45) is 0 Å². The Labute approximate surface area is 137 Å². The van der Waals surface area contributed by atoms with Gasteiger partial charge in [0.2, 0.25) is 0 Å². The van der Waals surface area contributed by atoms with Gasteiger partial charge in [-0.3, -0.25) is 0 Å². The Morgan fingerprint density at radius 3 is 2.48 bits per heavy atom. The summed E-state index contributed by atoms with van der Waals surface area (Å²) in [5.41, 5.74) is 0.586. The zero-order chi connectivity index (χ0) is 17.0. The first kappa shape index (κ1) is 17.4. The second-order valence-electron chi connectivity index (χ2n) is 6.63. The molecule has 6 nitrogen and oxygen atoms in total. The fourth-order valence-electron chi connectivity index (χ4n) is 2.72. The number of benzene rings is 1. The van der Waals surface area contributed by atoms with E-state index in [1.165, 1.54) is 0 Å². The number of rotatable bonds is 4. The second-order valence-corrected chi connectivity index (χ2v) is 6.63. The summed E-state index contributed by atoms with van der Waals surface area (Å²) in [6.45, 7) is 7.05. The van der Waals surface area contributed by atoms with E-state index in [1.54, 1.807) is 14.2 Å². The van der Waals surface area contributed by atoms with Crippen LogP contribution in [0.2, 0.25) is 0 Å². The molecule has 2 rings (SSSR count). The van der Waals surface area contributed by atoms with Crippen LogP contribution in [-0.2, 0) is 4.74 Å². The van der Waals surface area contributed by atoms with E-state index in [0.717, 1.165) is 12.1 Å². The molecule has 0 aliphatic carbocycles. The van der Waals surface area contributed by atoms with Crippen LogP contribution in [0, 0.1) is 0 Å². The van der Waals surface area contributed by atoms with Gasteiger partial charge in [-0.25, -0.2) is 4.79 Å². The highest BCUT2D eigenvalue weighted by Crippen LogP contribution is 2.32. The lowest BCUT2D eigenvalue weighted by molar-refractivity contribution is 0.0504. The standard InChI is InChI=1S/C17H26N2O4/c1-17(2,3)23-16(20)19-13-10-18-9-12(13)11-6-7-14(21-4)15(8-11)22-5/h6-8,12-13,18H,9-10H2,1-5H3,(H,19,20)/t12-,13+/m1/s1. The lowest BCUT2D eigenvalue weighted by Gasteiger charge is -2.24. The highest BCUT2D eigenvalue weighted by atomic mass is 16.6. The summed E-state index contributed by atoms with van der Waals surface area (Å²) in [6, 6.07) is 5.82. The SMILES string of the molecule is COc1ccc([C@H]2CNC[C@@H]2NC(=O)OC(C)(C)C)cc1OC. The number of carbonyl (C=O) groups is 1. The fraction of sp³-hybridized carbons (Fsp3) is 0.588. The molecule has 0 unspecified atom stereocenters. The molecule has 0 spiro atoms. The minimum atomic E-state index is -0.505. The van der Waals surface area contributed by atoms with Gasteiger partial charge in [0, 0.05) is 19.0 Å². The average molecular weight is 322 g/mol. The van der Waals surface area contributed by atoms with Gasteiger partial charge in [0.15, 0.2) is 11.5 Å². The van der Waals surface area contributed by atoms with Gasteiger partial charge < -0.3 is 24.8 Å². The van der Waals surface area contributed by atoms with Crippen LogP contribution >= 0.6 is 0 Å². The molecule has 2 N–H and O–H groups in total. The summed E-state index contributed by atoms with van der Waals surface area (Å²) in [6.07, 6.45) is -0.392. The maximum Gasteiger partial charge on any atom is 0.407 e. The van der Waals surface area contributed by atoms with Crippen molar-refractivity contribution in [3.63, 3.8) is 0 Å². The second kappa shape index (κ2) is 7.08. The first-order chi connectivity index (χ1) is 10.8. The normalized spacial score (nSPS) is 20.9. The molecule has 1 heterocycles. The number of ether oxygens (including phenoxy) is 3. The first-order valence-electron chi connectivity index (χ1n) is 7.76. The molecule has 1 aromatic rings. The highest BCUT2D eigenvalue weighted by Gasteiger charge is 2.31. The lowest BCUT2D eigenvalue weighted by atomic mass is 9.94. The van der Waals surface area contributed by atoms with Crippen molar-refractivity contribution in [3.8, 4) is 11.5 Å². The Morgan fingerprint density at radius 2 is 1.87 bits per heavy atom. The maximum absolute atomic E-state index is 12.0. The van der Waals surface area contributed by atoms with E-state index >= 15 is 0 Å². The zero-order valence-electron chi connectivity index (χ0n) is 14.4. The smallest absolute Gasteiger partial charge is 0.407 e. The van der Waals surface area contributed by atoms with E-state index in [4.69, 9.17) is 14.2 Å². The third kappa shape index (κ3) is 4.51. The van der Waals surface area contributed by atoms with E-state index in [2.05, 4.69) is 10.6 Å². The van der Waals surface area contributed by atoms with Crippen molar-refractivity contribution in [1.29, 1.82) is 0 Å². The van der Waals surface area contributed by atoms with Gasteiger partial charge in [0.1, 0.15) is 5.60 Å². The van der Waals surface area contributed by atoms with Crippen LogP contribution < -0.4 is 20.1 Å². The predicted molar refractivity (Wildman–Crippen MR) is 88.3 cm³/mol. The molecule has 1 saturated heterocycles. The molecule has 1 fully saturated rings. The quantitative estimate of drug-likeness (QED) is 0.890. The van der Waals surface area contributed by atoms with Gasteiger partial charge in [-0.1, -0.05) is 6.07 Å². The number of carbonyl (C=O) groups excluding carboxylic acids is 1. The third-order valence-electron chi connectivity index (χ3n) is 3.75. The molecule has 128 valence electrons. The summed E-state index contributed by atoms with van der Waals surface area (Å²) in [7, 11) is 3.23. The van der Waals surface area contributed by atoms with E-state index in [1.807, 2.05) is 39.0 Å². The third-order valence-corrected chi connectivity index (χ3v) is 3.75. The fourth-order valence-corrected chi connectivity index (χ4v) is 2.72. The molecule has 1 aliphatic heterocycles. The van der Waals surface area contributed by atoms with Crippen LogP contribution in [-0.4, -0.2) is 45.0 Å². The minimum absolute atomic E-state index is 0.0250. The number of hydrogen-bond acceptors (Lipinski definition) is 5. The topological polar surface area (TPSA) is 68.8 Å². The molecular formula is C17H26N2O4. The largest absolute Gasteiger partial charge is 0.493 e. The maximum atomic E-state index is 12.0. The van der Waals surface area contributed by atoms with Gasteiger partial charge in [0.05, 0.1) is 20.3 Å². The number of nitrogens with one attached hydrogen (secondary N) is 2. The van der Waals surface area contributed by atoms with Crippen LogP contribution in [0.1, 0.15) is 32.3 Å². The molecule has 2 atom stereocenters. The van der Waals surface area contributed by atoms with Crippen molar-refractivity contribution >= 4 is 6.09 Å². The Bertz CT molecular complexity index is 554. The average Bonchev–Trinajstić information content (AvgIpc) is 2.92. The minimum Gasteiger partial charge on any atom is -0.493 e. The van der Waals surface area contributed by atoms with Crippen molar-refractivity contribution in [1.82, 2.24) is 10.6 Å². The van der Waals surface area contributed by atoms with Crippen LogP contribution in [0.5, 0.6) is 11.5 Å². The molecule has 1 amide bonds. The summed E-state index contributed by atoms with van der Waals surface area (Å²) in [5, 5.41) is 6.27. The Morgan fingerprint density at radius 1 is 1.17 bits per heavy atom. The van der Waals surface area contributed by atoms with Gasteiger partial charge in [-0.05, 0) is 38.5 Å². The summed E-state index contributed by atoms with van der Waals surface area (Å²) in [5.74, 6) is 1.54. The molecule has 1 aromatic carbocycles. The number of alkyl carbamates (subject to hydrolysis) is 1. The first-order valence-corrected chi connectivity index (χ1v) is 7.76. The molecule has 0 bridgehead atoms. The van der Waals surface area contributed by atoms with Gasteiger partial charge >= 0.3 is 6.09 Å². The van der Waals surface area contributed by atoms with E-state index in [-0.39, 0.29) is 12.0 Å². The van der Waals surface area contributed by atoms with Crippen LogP contribution in [0.3, 0.4) is 0 Å². The van der Waals surface area contributed by atoms with Crippen LogP contribution in [0.15, 0.2) is 18.2 Å². The van der Waals surface area contributed by atoms with E-state index in [0.29, 0.717) is 18.0 Å². The molecule has 6 heteroatoms. The van der Waals surface area contributed by atoms with E-state index in [9.17, 15) is 4.79 Å². The Hall–Kier alpha value is -1.95. The molecule has 0 radical (unpaired) electrons. The van der Waals surface area contributed by atoms with Crippen molar-refractivity contribution in [3.05, 3.63) is 23.8 Å². The van der Waals surface area contributed by atoms with Gasteiger partial charge in [-0.2, -0.15) is 0 Å². The number of amides is 1. The molecule has 23 heavy (non-hydrogen) atoms. The van der Waals surface area contributed by atoms with Crippen molar-refractivity contribution in [2.75, 3.05) is 27.3 Å². The molecule has 0 saturated carbocycles. The number of hydrogen-bond donors (Lipinski definition) is 2. The highest BCUT2D eigenvalue weighted by molar-refractivity contribution is 5.68. The molecule has 1 aliphatic rings. The summed E-state index contributed by atoms with van der Waals surface area (Å²) >= 11 is 0. The van der Waals surface area contributed by atoms with Crippen LogP contribution in [0.4, 0.5) is 4.79 Å². The van der Waals surface area contributed by atoms with Crippen molar-refractivity contribution < 1.29 is 19.0 Å². The predicted octanol–water partition coefficient (Wildman–Crippen LogP) is 2.28. The van der Waals surface area contributed by atoms with E-state index < -0.39 is 11.7 Å². The Kier molecular flexibility index (Phi) is 5.36. The molecule has 0 aromatic heterocycles.